The van der Waals surface area contributed by atoms with E-state index in [0.29, 0.717) is 37.1 Å². The predicted molar refractivity (Wildman–Crippen MR) is 119 cm³/mol. The Labute approximate surface area is 178 Å². The van der Waals surface area contributed by atoms with Gasteiger partial charge in [-0.05, 0) is 67.6 Å². The van der Waals surface area contributed by atoms with Crippen molar-refractivity contribution < 1.29 is 9.53 Å². The van der Waals surface area contributed by atoms with Crippen molar-refractivity contribution in [2.45, 2.75) is 56.4 Å². The van der Waals surface area contributed by atoms with Gasteiger partial charge in [0, 0.05) is 35.7 Å². The van der Waals surface area contributed by atoms with E-state index in [1.54, 1.807) is 0 Å². The summed E-state index contributed by atoms with van der Waals surface area (Å²) in [6, 6.07) is 16.3. The zero-order valence-corrected chi connectivity index (χ0v) is 17.5. The molecular formula is C24H29ClN2O2. The lowest BCUT2D eigenvalue weighted by Crippen LogP contribution is -2.44. The fraction of sp³-hybridized carbons (Fsp3) is 0.458. The molecule has 1 amide bonds. The number of hydrogen-bond acceptors (Lipinski definition) is 3. The molecule has 4 rings (SSSR count). The molecule has 4 nitrogen and oxygen atoms in total. The lowest BCUT2D eigenvalue weighted by atomic mass is 9.73. The second-order valence-corrected chi connectivity index (χ2v) is 8.65. The van der Waals surface area contributed by atoms with Crippen LogP contribution in [0.1, 0.15) is 50.5 Å². The zero-order chi connectivity index (χ0) is 20.1. The molecule has 154 valence electrons. The molecule has 1 saturated heterocycles. The van der Waals surface area contributed by atoms with Crippen LogP contribution in [-0.2, 0) is 14.9 Å². The van der Waals surface area contributed by atoms with Gasteiger partial charge in [0.1, 0.15) is 0 Å². The van der Waals surface area contributed by atoms with Crippen LogP contribution >= 0.6 is 11.6 Å². The van der Waals surface area contributed by atoms with E-state index < -0.39 is 5.41 Å². The van der Waals surface area contributed by atoms with Crippen LogP contribution in [0.15, 0.2) is 48.5 Å². The van der Waals surface area contributed by atoms with Crippen molar-refractivity contribution in [1.29, 1.82) is 0 Å². The number of benzene rings is 2. The normalized spacial score (nSPS) is 19.5. The Bertz CT molecular complexity index is 825. The van der Waals surface area contributed by atoms with Gasteiger partial charge in [0.2, 0.25) is 5.91 Å². The monoisotopic (exact) mass is 412 g/mol. The molecule has 0 unspecified atom stereocenters. The van der Waals surface area contributed by atoms with E-state index in [9.17, 15) is 4.79 Å². The highest BCUT2D eigenvalue weighted by Crippen LogP contribution is 2.37. The summed E-state index contributed by atoms with van der Waals surface area (Å²) in [7, 11) is 0. The standard InChI is InChI=1S/C24H29ClN2O2/c25-19-6-4-5-18(17-19)24(13-15-29-16-14-24)23(28)27-22-11-9-21(10-12-22)26-20-7-2-1-3-8-20/h4-6,9-12,17,20,26H,1-3,7-8,13-16H2,(H,27,28). The van der Waals surface area contributed by atoms with E-state index in [2.05, 4.69) is 22.8 Å². The maximum atomic E-state index is 13.4. The van der Waals surface area contributed by atoms with E-state index in [1.807, 2.05) is 36.4 Å². The summed E-state index contributed by atoms with van der Waals surface area (Å²) in [6.45, 7) is 1.15. The Morgan fingerprint density at radius 1 is 0.966 bits per heavy atom. The van der Waals surface area contributed by atoms with Gasteiger partial charge in [-0.3, -0.25) is 4.79 Å². The van der Waals surface area contributed by atoms with E-state index in [4.69, 9.17) is 16.3 Å². The highest BCUT2D eigenvalue weighted by molar-refractivity contribution is 6.30. The first-order valence-electron chi connectivity index (χ1n) is 10.7. The molecule has 5 heteroatoms. The van der Waals surface area contributed by atoms with E-state index in [-0.39, 0.29) is 5.91 Å². The zero-order valence-electron chi connectivity index (χ0n) is 16.8. The number of rotatable bonds is 5. The molecule has 2 aromatic rings. The molecule has 2 aromatic carbocycles. The van der Waals surface area contributed by atoms with Crippen molar-refractivity contribution in [2.75, 3.05) is 23.8 Å². The van der Waals surface area contributed by atoms with Gasteiger partial charge in [0.15, 0.2) is 0 Å². The van der Waals surface area contributed by atoms with Crippen molar-refractivity contribution in [1.82, 2.24) is 0 Å². The second kappa shape index (κ2) is 9.19. The number of hydrogen-bond donors (Lipinski definition) is 2. The van der Waals surface area contributed by atoms with Crippen LogP contribution in [0.2, 0.25) is 5.02 Å². The molecule has 0 spiro atoms. The number of carbonyl (C=O) groups excluding carboxylic acids is 1. The lowest BCUT2D eigenvalue weighted by Gasteiger charge is -2.36. The molecule has 0 radical (unpaired) electrons. The van der Waals surface area contributed by atoms with Gasteiger partial charge in [-0.15, -0.1) is 0 Å². The average Bonchev–Trinajstić information content (AvgIpc) is 2.76. The van der Waals surface area contributed by atoms with Crippen molar-refractivity contribution >= 4 is 28.9 Å². The third-order valence-corrected chi connectivity index (χ3v) is 6.51. The maximum absolute atomic E-state index is 13.4. The summed E-state index contributed by atoms with van der Waals surface area (Å²) in [5, 5.41) is 7.41. The summed E-state index contributed by atoms with van der Waals surface area (Å²) in [5.41, 5.74) is 2.28. The Morgan fingerprint density at radius 2 is 1.66 bits per heavy atom. The predicted octanol–water partition coefficient (Wildman–Crippen LogP) is 5.77. The Kier molecular flexibility index (Phi) is 6.41. The van der Waals surface area contributed by atoms with Crippen LogP contribution in [-0.4, -0.2) is 25.2 Å². The largest absolute Gasteiger partial charge is 0.382 e. The van der Waals surface area contributed by atoms with Crippen LogP contribution in [0, 0.1) is 0 Å². The topological polar surface area (TPSA) is 50.4 Å². The number of carbonyl (C=O) groups is 1. The molecule has 1 heterocycles. The summed E-state index contributed by atoms with van der Waals surface area (Å²) < 4.78 is 5.54. The molecule has 1 aliphatic carbocycles. The number of halogens is 1. The van der Waals surface area contributed by atoms with E-state index >= 15 is 0 Å². The first-order valence-corrected chi connectivity index (χ1v) is 11.1. The number of ether oxygens (including phenoxy) is 1. The van der Waals surface area contributed by atoms with Crippen molar-refractivity contribution in [3.05, 3.63) is 59.1 Å². The Balaban J connectivity index is 1.47. The van der Waals surface area contributed by atoms with Gasteiger partial charge in [-0.1, -0.05) is 43.0 Å². The van der Waals surface area contributed by atoms with Crippen molar-refractivity contribution in [3.63, 3.8) is 0 Å². The first kappa shape index (κ1) is 20.2. The van der Waals surface area contributed by atoms with E-state index in [1.165, 1.54) is 32.1 Å². The molecule has 2 N–H and O–H groups in total. The van der Waals surface area contributed by atoms with Crippen LogP contribution in [0.25, 0.3) is 0 Å². The smallest absolute Gasteiger partial charge is 0.235 e. The van der Waals surface area contributed by atoms with Gasteiger partial charge in [-0.25, -0.2) is 0 Å². The summed E-state index contributed by atoms with van der Waals surface area (Å²) in [4.78, 5) is 13.4. The van der Waals surface area contributed by atoms with Gasteiger partial charge < -0.3 is 15.4 Å². The van der Waals surface area contributed by atoms with Crippen LogP contribution in [0.5, 0.6) is 0 Å². The molecule has 0 bridgehead atoms. The summed E-state index contributed by atoms with van der Waals surface area (Å²) in [5.74, 6) is 0.0102. The minimum Gasteiger partial charge on any atom is -0.382 e. The third-order valence-electron chi connectivity index (χ3n) is 6.28. The highest BCUT2D eigenvalue weighted by Gasteiger charge is 2.41. The highest BCUT2D eigenvalue weighted by atomic mass is 35.5. The first-order chi connectivity index (χ1) is 14.2. The van der Waals surface area contributed by atoms with Gasteiger partial charge >= 0.3 is 0 Å². The number of anilines is 2. The van der Waals surface area contributed by atoms with Crippen LogP contribution in [0.4, 0.5) is 11.4 Å². The van der Waals surface area contributed by atoms with Crippen molar-refractivity contribution in [3.8, 4) is 0 Å². The fourth-order valence-corrected chi connectivity index (χ4v) is 4.73. The van der Waals surface area contributed by atoms with Crippen LogP contribution in [0.3, 0.4) is 0 Å². The van der Waals surface area contributed by atoms with Crippen LogP contribution < -0.4 is 10.6 Å². The molecule has 29 heavy (non-hydrogen) atoms. The van der Waals surface area contributed by atoms with E-state index in [0.717, 1.165) is 16.9 Å². The molecule has 0 atom stereocenters. The number of nitrogens with one attached hydrogen (secondary N) is 2. The molecule has 2 fully saturated rings. The minimum atomic E-state index is -0.609. The maximum Gasteiger partial charge on any atom is 0.235 e. The third kappa shape index (κ3) is 4.76. The minimum absolute atomic E-state index is 0.0102. The van der Waals surface area contributed by atoms with Gasteiger partial charge in [0.05, 0.1) is 5.41 Å². The molecule has 2 aliphatic rings. The molecular weight excluding hydrogens is 384 g/mol. The fourth-order valence-electron chi connectivity index (χ4n) is 4.54. The van der Waals surface area contributed by atoms with Gasteiger partial charge in [-0.2, -0.15) is 0 Å². The quantitative estimate of drug-likeness (QED) is 0.655. The summed E-state index contributed by atoms with van der Waals surface area (Å²) in [6.07, 6.45) is 7.75. The lowest BCUT2D eigenvalue weighted by molar-refractivity contribution is -0.125. The van der Waals surface area contributed by atoms with Crippen molar-refractivity contribution in [2.24, 2.45) is 0 Å². The number of amides is 1. The SMILES string of the molecule is O=C(Nc1ccc(NC2CCCCC2)cc1)C1(c2cccc(Cl)c2)CCOCC1. The Hall–Kier alpha value is -2.04. The molecule has 1 aliphatic heterocycles. The summed E-state index contributed by atoms with van der Waals surface area (Å²) >= 11 is 6.22. The molecule has 1 saturated carbocycles. The second-order valence-electron chi connectivity index (χ2n) is 8.22. The Morgan fingerprint density at radius 3 is 2.34 bits per heavy atom. The van der Waals surface area contributed by atoms with Gasteiger partial charge in [0.25, 0.3) is 0 Å². The average molecular weight is 413 g/mol. The molecule has 0 aromatic heterocycles.